The lowest BCUT2D eigenvalue weighted by Crippen LogP contribution is -2.44. The number of methoxy groups -OCH3 is 1. The molecule has 0 saturated carbocycles. The molecule has 0 bridgehead atoms. The third-order valence-electron chi connectivity index (χ3n) is 6.56. The van der Waals surface area contributed by atoms with Crippen LogP contribution in [0.5, 0.6) is 0 Å². The van der Waals surface area contributed by atoms with Crippen LogP contribution in [-0.4, -0.2) is 53.0 Å². The first kappa shape index (κ1) is 24.6. The van der Waals surface area contributed by atoms with E-state index in [9.17, 15) is 19.2 Å². The topological polar surface area (TPSA) is 97.1 Å². The summed E-state index contributed by atoms with van der Waals surface area (Å²) in [5, 5.41) is -0.490. The number of hydrogen-bond donors (Lipinski definition) is 0. The summed E-state index contributed by atoms with van der Waals surface area (Å²) in [6, 6.07) is 16.6. The van der Waals surface area contributed by atoms with E-state index in [0.717, 1.165) is 28.6 Å². The second-order valence-electron chi connectivity index (χ2n) is 8.77. The zero-order valence-corrected chi connectivity index (χ0v) is 21.2. The molecule has 0 radical (unpaired) electrons. The summed E-state index contributed by atoms with van der Waals surface area (Å²) in [6.07, 6.45) is 2.24. The van der Waals surface area contributed by atoms with Crippen molar-refractivity contribution in [3.8, 4) is 11.3 Å². The van der Waals surface area contributed by atoms with Gasteiger partial charge in [-0.25, -0.2) is 4.79 Å². The van der Waals surface area contributed by atoms with Crippen molar-refractivity contribution < 1.29 is 28.3 Å². The van der Waals surface area contributed by atoms with Gasteiger partial charge in [0, 0.05) is 24.7 Å². The highest BCUT2D eigenvalue weighted by molar-refractivity contribution is 8.18. The summed E-state index contributed by atoms with van der Waals surface area (Å²) in [5.41, 5.74) is 4.14. The lowest BCUT2D eigenvalue weighted by atomic mass is 10.00. The Hall–Kier alpha value is -4.11. The molecule has 2 aromatic carbocycles. The van der Waals surface area contributed by atoms with Gasteiger partial charge in [0.25, 0.3) is 11.1 Å². The number of benzene rings is 2. The van der Waals surface area contributed by atoms with Crippen LogP contribution in [0.1, 0.15) is 32.8 Å². The maximum Gasteiger partial charge on any atom is 0.338 e. The summed E-state index contributed by atoms with van der Waals surface area (Å²) in [6.45, 7) is 2.51. The Morgan fingerprint density at radius 2 is 1.84 bits per heavy atom. The Kier molecular flexibility index (Phi) is 6.71. The summed E-state index contributed by atoms with van der Waals surface area (Å²) in [5.74, 6) is -0.346. The first-order valence-electron chi connectivity index (χ1n) is 11.7. The van der Waals surface area contributed by atoms with E-state index >= 15 is 0 Å². The van der Waals surface area contributed by atoms with Crippen LogP contribution in [0.2, 0.25) is 0 Å². The number of rotatable bonds is 5. The standard InChI is InChI=1S/C28H24N2O6S/c1-17-21(8-5-9-22(17)27(33)35-2)23-11-10-20(36-23)14-24-26(32)30(28(34)37-24)16-25(31)29-13-12-18-6-3-4-7-19(18)15-29/h3-11,14H,12-13,15-16H2,1-2H3/b24-14-. The molecule has 3 amide bonds. The summed E-state index contributed by atoms with van der Waals surface area (Å²) in [7, 11) is 1.33. The van der Waals surface area contributed by atoms with Crippen LogP contribution in [0, 0.1) is 6.92 Å². The molecule has 1 fully saturated rings. The van der Waals surface area contributed by atoms with Gasteiger partial charge in [0.1, 0.15) is 18.1 Å². The van der Waals surface area contributed by atoms with E-state index in [4.69, 9.17) is 9.15 Å². The monoisotopic (exact) mass is 516 g/mol. The predicted octanol–water partition coefficient (Wildman–Crippen LogP) is 4.66. The fourth-order valence-electron chi connectivity index (χ4n) is 4.52. The van der Waals surface area contributed by atoms with Gasteiger partial charge >= 0.3 is 5.97 Å². The van der Waals surface area contributed by atoms with Gasteiger partial charge in [-0.05, 0) is 60.0 Å². The van der Waals surface area contributed by atoms with Gasteiger partial charge in [-0.2, -0.15) is 0 Å². The molecule has 0 spiro atoms. The molecule has 9 heteroatoms. The van der Waals surface area contributed by atoms with Crippen LogP contribution in [-0.2, 0) is 27.3 Å². The van der Waals surface area contributed by atoms with Crippen LogP contribution in [0.15, 0.2) is 63.9 Å². The van der Waals surface area contributed by atoms with Gasteiger partial charge in [0.05, 0.1) is 17.6 Å². The van der Waals surface area contributed by atoms with E-state index in [1.54, 1.807) is 36.1 Å². The van der Waals surface area contributed by atoms with E-state index in [1.165, 1.54) is 18.7 Å². The van der Waals surface area contributed by atoms with Crippen molar-refractivity contribution in [2.45, 2.75) is 19.9 Å². The highest BCUT2D eigenvalue weighted by atomic mass is 32.2. The molecular formula is C28H24N2O6S. The molecule has 3 aromatic rings. The molecule has 5 rings (SSSR count). The zero-order chi connectivity index (χ0) is 26.1. The number of ether oxygens (including phenoxy) is 1. The first-order valence-corrected chi connectivity index (χ1v) is 12.6. The van der Waals surface area contributed by atoms with Gasteiger partial charge in [0.15, 0.2) is 0 Å². The highest BCUT2D eigenvalue weighted by Gasteiger charge is 2.37. The third kappa shape index (κ3) is 4.82. The van der Waals surface area contributed by atoms with Crippen molar-refractivity contribution in [2.24, 2.45) is 0 Å². The minimum atomic E-state index is -0.525. The van der Waals surface area contributed by atoms with E-state index in [-0.39, 0.29) is 17.4 Å². The summed E-state index contributed by atoms with van der Waals surface area (Å²) >= 11 is 0.778. The minimum Gasteiger partial charge on any atom is -0.465 e. The Morgan fingerprint density at radius 1 is 1.05 bits per heavy atom. The molecular weight excluding hydrogens is 492 g/mol. The molecule has 37 heavy (non-hydrogen) atoms. The Balaban J connectivity index is 1.29. The number of fused-ring (bicyclic) bond motifs is 1. The number of nitrogens with zero attached hydrogens (tertiary/aromatic N) is 2. The smallest absolute Gasteiger partial charge is 0.338 e. The number of carbonyl (C=O) groups excluding carboxylic acids is 4. The first-order chi connectivity index (χ1) is 17.9. The lowest BCUT2D eigenvalue weighted by Gasteiger charge is -2.29. The fraction of sp³-hybridized carbons (Fsp3) is 0.214. The van der Waals surface area contributed by atoms with Gasteiger partial charge in [-0.15, -0.1) is 0 Å². The van der Waals surface area contributed by atoms with Crippen LogP contribution in [0.3, 0.4) is 0 Å². The molecule has 0 aliphatic carbocycles. The second kappa shape index (κ2) is 10.1. The SMILES string of the molecule is COC(=O)c1cccc(-c2ccc(/C=C3\SC(=O)N(CC(=O)N4CCc5ccccc5C4)C3=O)o2)c1C. The maximum absolute atomic E-state index is 13.0. The van der Waals surface area contributed by atoms with Crippen molar-refractivity contribution in [1.82, 2.24) is 9.80 Å². The molecule has 8 nitrogen and oxygen atoms in total. The normalized spacial score (nSPS) is 16.3. The van der Waals surface area contributed by atoms with E-state index in [0.29, 0.717) is 41.3 Å². The van der Waals surface area contributed by atoms with E-state index < -0.39 is 17.1 Å². The van der Waals surface area contributed by atoms with Crippen molar-refractivity contribution in [3.05, 3.63) is 87.5 Å². The quantitative estimate of drug-likeness (QED) is 0.359. The molecule has 2 aliphatic heterocycles. The van der Waals surface area contributed by atoms with Crippen molar-refractivity contribution >= 4 is 40.9 Å². The van der Waals surface area contributed by atoms with Crippen molar-refractivity contribution in [1.29, 1.82) is 0 Å². The molecule has 0 N–H and O–H groups in total. The van der Waals surface area contributed by atoms with E-state index in [1.807, 2.05) is 24.3 Å². The highest BCUT2D eigenvalue weighted by Crippen LogP contribution is 2.34. The van der Waals surface area contributed by atoms with E-state index in [2.05, 4.69) is 6.07 Å². The predicted molar refractivity (Wildman–Crippen MR) is 138 cm³/mol. The molecule has 1 aromatic heterocycles. The number of imide groups is 1. The number of esters is 1. The van der Waals surface area contributed by atoms with Gasteiger partial charge in [-0.1, -0.05) is 36.4 Å². The van der Waals surface area contributed by atoms with Crippen LogP contribution in [0.25, 0.3) is 17.4 Å². The molecule has 3 heterocycles. The summed E-state index contributed by atoms with van der Waals surface area (Å²) < 4.78 is 10.7. The Morgan fingerprint density at radius 3 is 2.62 bits per heavy atom. The summed E-state index contributed by atoms with van der Waals surface area (Å²) in [4.78, 5) is 53.3. The number of amides is 3. The second-order valence-corrected chi connectivity index (χ2v) is 9.77. The molecule has 0 atom stereocenters. The third-order valence-corrected chi connectivity index (χ3v) is 7.46. The van der Waals surface area contributed by atoms with Crippen molar-refractivity contribution in [2.75, 3.05) is 20.2 Å². The number of furan rings is 1. The fourth-order valence-corrected chi connectivity index (χ4v) is 5.34. The zero-order valence-electron chi connectivity index (χ0n) is 20.4. The average molecular weight is 517 g/mol. The number of carbonyl (C=O) groups is 4. The van der Waals surface area contributed by atoms with Gasteiger partial charge in [-0.3, -0.25) is 19.3 Å². The van der Waals surface area contributed by atoms with Gasteiger partial charge < -0.3 is 14.1 Å². The molecule has 0 unspecified atom stereocenters. The maximum atomic E-state index is 13.0. The molecule has 1 saturated heterocycles. The lowest BCUT2D eigenvalue weighted by molar-refractivity contribution is -0.136. The Bertz CT molecular complexity index is 1460. The van der Waals surface area contributed by atoms with Gasteiger partial charge in [0.2, 0.25) is 5.91 Å². The van der Waals surface area contributed by atoms with Crippen LogP contribution >= 0.6 is 11.8 Å². The largest absolute Gasteiger partial charge is 0.465 e. The average Bonchev–Trinajstić information content (AvgIpc) is 3.48. The molecule has 188 valence electrons. The van der Waals surface area contributed by atoms with Crippen LogP contribution < -0.4 is 0 Å². The number of thioether (sulfide) groups is 1. The number of hydrogen-bond acceptors (Lipinski definition) is 7. The van der Waals surface area contributed by atoms with Crippen LogP contribution in [0.4, 0.5) is 4.79 Å². The van der Waals surface area contributed by atoms with Crippen molar-refractivity contribution in [3.63, 3.8) is 0 Å². The Labute approximate surface area is 217 Å². The minimum absolute atomic E-state index is 0.183. The molecule has 2 aliphatic rings.